The number of hydrogen-bond donors (Lipinski definition) is 0. The molecule has 0 radical (unpaired) electrons. The van der Waals surface area contributed by atoms with Crippen LogP contribution in [0.3, 0.4) is 0 Å². The molecule has 166 valence electrons. The van der Waals surface area contributed by atoms with Gasteiger partial charge in [0.2, 0.25) is 11.8 Å². The summed E-state index contributed by atoms with van der Waals surface area (Å²) < 4.78 is 14.8. The van der Waals surface area contributed by atoms with Crippen LogP contribution in [-0.4, -0.2) is 65.1 Å². The fourth-order valence-electron chi connectivity index (χ4n) is 5.24. The second-order valence-electron chi connectivity index (χ2n) is 8.47. The molecule has 4 rings (SSSR count). The molecular weight excluding hydrogens is 393 g/mol. The van der Waals surface area contributed by atoms with Gasteiger partial charge in [-0.3, -0.25) is 23.4 Å². The molecule has 2 aliphatic rings. The Morgan fingerprint density at radius 2 is 1.97 bits per heavy atom. The third-order valence-corrected chi connectivity index (χ3v) is 6.79. The number of amides is 1. The number of nitrogens with zero attached hydrogens (tertiary/aromatic N) is 3. The first-order valence-electron chi connectivity index (χ1n) is 11.5. The van der Waals surface area contributed by atoms with Crippen molar-refractivity contribution in [2.24, 2.45) is 5.92 Å². The van der Waals surface area contributed by atoms with Crippen molar-refractivity contribution in [3.05, 3.63) is 41.6 Å². The molecule has 2 aromatic rings. The highest BCUT2D eigenvalue weighted by Crippen LogP contribution is 2.42. The van der Waals surface area contributed by atoms with E-state index in [9.17, 15) is 14.0 Å². The molecule has 0 bridgehead atoms. The molecule has 1 aromatic heterocycles. The molecule has 0 spiro atoms. The quantitative estimate of drug-likeness (QED) is 0.669. The van der Waals surface area contributed by atoms with Gasteiger partial charge in [0.1, 0.15) is 0 Å². The molecule has 31 heavy (non-hydrogen) atoms. The van der Waals surface area contributed by atoms with Gasteiger partial charge in [-0.1, -0.05) is 25.1 Å². The van der Waals surface area contributed by atoms with Crippen LogP contribution in [-0.2, 0) is 11.2 Å². The van der Waals surface area contributed by atoms with Gasteiger partial charge < -0.3 is 4.90 Å². The lowest BCUT2D eigenvalue weighted by atomic mass is 9.79. The van der Waals surface area contributed by atoms with Crippen LogP contribution in [0, 0.1) is 5.92 Å². The number of halogens is 1. The SMILES string of the molecule is CCC(=O)n1cc2c3c(cccc31)C1=C[C@@H](C(=O)N(CC)CC)CN(CCCF)[C@@H]1C2. The van der Waals surface area contributed by atoms with Gasteiger partial charge in [0.05, 0.1) is 18.1 Å². The van der Waals surface area contributed by atoms with E-state index in [2.05, 4.69) is 17.0 Å². The zero-order valence-electron chi connectivity index (χ0n) is 18.7. The van der Waals surface area contributed by atoms with E-state index in [4.69, 9.17) is 0 Å². The Bertz CT molecular complexity index is 1020. The summed E-state index contributed by atoms with van der Waals surface area (Å²) in [5, 5.41) is 1.12. The van der Waals surface area contributed by atoms with Gasteiger partial charge in [0, 0.05) is 50.2 Å². The van der Waals surface area contributed by atoms with Gasteiger partial charge in [-0.05, 0) is 49.5 Å². The molecule has 5 nitrogen and oxygen atoms in total. The van der Waals surface area contributed by atoms with Gasteiger partial charge >= 0.3 is 0 Å². The third kappa shape index (κ3) is 3.71. The van der Waals surface area contributed by atoms with Crippen molar-refractivity contribution in [2.45, 2.75) is 46.1 Å². The molecule has 1 aromatic carbocycles. The molecule has 0 saturated carbocycles. The largest absolute Gasteiger partial charge is 0.343 e. The highest BCUT2D eigenvalue weighted by Gasteiger charge is 2.38. The molecule has 6 heteroatoms. The summed E-state index contributed by atoms with van der Waals surface area (Å²) in [5.41, 5.74) is 4.35. The van der Waals surface area contributed by atoms with Crippen LogP contribution in [0.15, 0.2) is 30.5 Å². The number of benzene rings is 1. The van der Waals surface area contributed by atoms with E-state index < -0.39 is 0 Å². The lowest BCUT2D eigenvalue weighted by Crippen LogP contribution is -2.49. The topological polar surface area (TPSA) is 45.6 Å². The Labute approximate surface area is 183 Å². The van der Waals surface area contributed by atoms with Gasteiger partial charge in [-0.15, -0.1) is 0 Å². The van der Waals surface area contributed by atoms with Gasteiger partial charge in [-0.2, -0.15) is 0 Å². The average Bonchev–Trinajstić information content (AvgIpc) is 3.17. The molecule has 1 aliphatic carbocycles. The van der Waals surface area contributed by atoms with Crippen molar-refractivity contribution in [3.63, 3.8) is 0 Å². The Hall–Kier alpha value is -2.47. The van der Waals surface area contributed by atoms with E-state index in [1.807, 2.05) is 44.0 Å². The maximum absolute atomic E-state index is 13.2. The van der Waals surface area contributed by atoms with Crippen LogP contribution in [0.25, 0.3) is 16.5 Å². The Balaban J connectivity index is 1.83. The van der Waals surface area contributed by atoms with E-state index >= 15 is 0 Å². The van der Waals surface area contributed by atoms with Crippen molar-refractivity contribution in [1.29, 1.82) is 0 Å². The van der Waals surface area contributed by atoms with Crippen LogP contribution in [0.1, 0.15) is 49.5 Å². The molecule has 2 heterocycles. The second-order valence-corrected chi connectivity index (χ2v) is 8.47. The number of alkyl halides is 1. The maximum Gasteiger partial charge on any atom is 0.230 e. The molecule has 0 N–H and O–H groups in total. The van der Waals surface area contributed by atoms with Crippen molar-refractivity contribution in [2.75, 3.05) is 32.9 Å². The number of hydrogen-bond acceptors (Lipinski definition) is 3. The normalized spacial score (nSPS) is 20.5. The zero-order chi connectivity index (χ0) is 22.1. The Morgan fingerprint density at radius 1 is 1.19 bits per heavy atom. The maximum atomic E-state index is 13.2. The molecule has 2 atom stereocenters. The van der Waals surface area contributed by atoms with Crippen LogP contribution in [0.4, 0.5) is 4.39 Å². The first-order valence-corrected chi connectivity index (χ1v) is 11.5. The molecule has 1 aliphatic heterocycles. The van der Waals surface area contributed by atoms with E-state index in [0.717, 1.165) is 34.0 Å². The van der Waals surface area contributed by atoms with Gasteiger partial charge in [-0.25, -0.2) is 0 Å². The first-order chi connectivity index (χ1) is 15.0. The number of rotatable bonds is 7. The Kier molecular flexibility index (Phi) is 6.28. The molecule has 0 unspecified atom stereocenters. The summed E-state index contributed by atoms with van der Waals surface area (Å²) in [6.07, 6.45) is 5.82. The number of carbonyl (C=O) groups excluding carboxylic acids is 2. The minimum Gasteiger partial charge on any atom is -0.343 e. The monoisotopic (exact) mass is 425 g/mol. The predicted molar refractivity (Wildman–Crippen MR) is 122 cm³/mol. The molecule has 1 amide bonds. The minimum absolute atomic E-state index is 0.0797. The number of aromatic nitrogens is 1. The van der Waals surface area contributed by atoms with Crippen molar-refractivity contribution >= 4 is 28.3 Å². The van der Waals surface area contributed by atoms with Crippen LogP contribution >= 0.6 is 0 Å². The van der Waals surface area contributed by atoms with E-state index in [-0.39, 0.29) is 30.4 Å². The van der Waals surface area contributed by atoms with Crippen LogP contribution < -0.4 is 0 Å². The first kappa shape index (κ1) is 21.8. The molecule has 0 fully saturated rings. The molecular formula is C25H32FN3O2. The highest BCUT2D eigenvalue weighted by molar-refractivity contribution is 6.03. The summed E-state index contributed by atoms with van der Waals surface area (Å²) in [6, 6.07) is 6.20. The van der Waals surface area contributed by atoms with E-state index in [1.165, 1.54) is 0 Å². The zero-order valence-corrected chi connectivity index (χ0v) is 18.7. The van der Waals surface area contributed by atoms with E-state index in [0.29, 0.717) is 39.0 Å². The van der Waals surface area contributed by atoms with Crippen molar-refractivity contribution < 1.29 is 14.0 Å². The third-order valence-electron chi connectivity index (χ3n) is 6.79. The fourth-order valence-corrected chi connectivity index (χ4v) is 5.24. The fraction of sp³-hybridized carbons (Fsp3) is 0.520. The lowest BCUT2D eigenvalue weighted by Gasteiger charge is -2.42. The predicted octanol–water partition coefficient (Wildman–Crippen LogP) is 4.16. The molecule has 0 saturated heterocycles. The highest BCUT2D eigenvalue weighted by atomic mass is 19.1. The summed E-state index contributed by atoms with van der Waals surface area (Å²) in [6.45, 7) is 8.13. The minimum atomic E-state index is -0.362. The van der Waals surface area contributed by atoms with Crippen LogP contribution in [0.2, 0.25) is 0 Å². The average molecular weight is 426 g/mol. The standard InChI is InChI=1S/C25H32FN3O2/c1-4-23(30)29-16-17-14-22-20(19-9-7-10-21(29)24(17)19)13-18(15-28(22)12-8-11-26)25(31)27(5-2)6-3/h7,9-10,13,16,18,22H,4-6,8,11-12,14-15H2,1-3H3/t18-,22-/m1/s1. The van der Waals surface area contributed by atoms with Gasteiger partial charge in [0.15, 0.2) is 0 Å². The van der Waals surface area contributed by atoms with Gasteiger partial charge in [0.25, 0.3) is 0 Å². The van der Waals surface area contributed by atoms with Crippen LogP contribution in [0.5, 0.6) is 0 Å². The summed E-state index contributed by atoms with van der Waals surface area (Å²) >= 11 is 0. The Morgan fingerprint density at radius 3 is 2.65 bits per heavy atom. The second kappa shape index (κ2) is 8.95. The number of fused-ring (bicyclic) bond motifs is 2. The van der Waals surface area contributed by atoms with E-state index in [1.54, 1.807) is 4.57 Å². The van der Waals surface area contributed by atoms with Crippen molar-refractivity contribution in [3.8, 4) is 0 Å². The smallest absolute Gasteiger partial charge is 0.230 e. The summed E-state index contributed by atoms with van der Waals surface area (Å²) in [5.74, 6) is -0.0176. The summed E-state index contributed by atoms with van der Waals surface area (Å²) in [4.78, 5) is 29.9. The number of carbonyl (C=O) groups is 2. The summed E-state index contributed by atoms with van der Waals surface area (Å²) in [7, 11) is 0. The lowest BCUT2D eigenvalue weighted by molar-refractivity contribution is -0.134. The van der Waals surface area contributed by atoms with Crippen molar-refractivity contribution in [1.82, 2.24) is 14.4 Å².